The van der Waals surface area contributed by atoms with Crippen LogP contribution in [0.25, 0.3) is 22.4 Å². The van der Waals surface area contributed by atoms with Gasteiger partial charge in [-0.2, -0.15) is 5.10 Å². The SMILES string of the molecule is CN(c1ccc(-c2ccc(-c3cnn(CF)c3)cc2O)nn1)C1C[C@]2(C)CC[C@](C)(C1)N2. The quantitative estimate of drug-likeness (QED) is 0.626. The number of anilines is 1. The van der Waals surface area contributed by atoms with Crippen molar-refractivity contribution in [1.29, 1.82) is 0 Å². The van der Waals surface area contributed by atoms with E-state index in [1.54, 1.807) is 24.5 Å². The summed E-state index contributed by atoms with van der Waals surface area (Å²) in [6.45, 7) is 3.96. The molecule has 0 radical (unpaired) electrons. The Kier molecular flexibility index (Phi) is 4.93. The Morgan fingerprint density at radius 3 is 2.47 bits per heavy atom. The summed E-state index contributed by atoms with van der Waals surface area (Å²) in [5, 5.41) is 27.2. The molecule has 2 aromatic heterocycles. The van der Waals surface area contributed by atoms with Gasteiger partial charge in [-0.25, -0.2) is 9.07 Å². The van der Waals surface area contributed by atoms with Gasteiger partial charge in [-0.15, -0.1) is 10.2 Å². The molecule has 1 aromatic carbocycles. The average molecular weight is 437 g/mol. The van der Waals surface area contributed by atoms with Crippen LogP contribution in [0.3, 0.4) is 0 Å². The standard InChI is InChI=1S/C24H29FN6O/c1-23-8-9-24(2,29-23)12-18(11-23)30(3)22-7-6-20(27-28-22)19-5-4-16(10-21(19)32)17-13-26-31(14-17)15-25/h4-7,10,13-14,18,29,32H,8-9,11-12,15H2,1-3H3/t18?,23-,24+. The number of alkyl halides is 1. The molecule has 3 atom stereocenters. The second-order valence-corrected chi connectivity index (χ2v) is 9.82. The summed E-state index contributed by atoms with van der Waals surface area (Å²) in [7, 11) is 2.09. The fraction of sp³-hybridized carbons (Fsp3) is 0.458. The first-order valence-corrected chi connectivity index (χ1v) is 11.1. The number of rotatable bonds is 5. The first-order valence-electron chi connectivity index (χ1n) is 11.1. The van der Waals surface area contributed by atoms with Crippen molar-refractivity contribution in [3.8, 4) is 28.1 Å². The van der Waals surface area contributed by atoms with Gasteiger partial charge in [-0.3, -0.25) is 0 Å². The molecule has 2 fully saturated rings. The maximum absolute atomic E-state index is 12.7. The zero-order chi connectivity index (χ0) is 22.5. The molecule has 7 nitrogen and oxygen atoms in total. The van der Waals surface area contributed by atoms with Gasteiger partial charge in [-0.1, -0.05) is 6.07 Å². The van der Waals surface area contributed by atoms with Crippen LogP contribution in [0.15, 0.2) is 42.7 Å². The lowest BCUT2D eigenvalue weighted by Crippen LogP contribution is -2.58. The number of fused-ring (bicyclic) bond motifs is 2. The van der Waals surface area contributed by atoms with Gasteiger partial charge in [0.1, 0.15) is 5.75 Å². The van der Waals surface area contributed by atoms with E-state index in [1.807, 2.05) is 18.2 Å². The predicted molar refractivity (Wildman–Crippen MR) is 122 cm³/mol. The van der Waals surface area contributed by atoms with E-state index in [1.165, 1.54) is 17.5 Å². The van der Waals surface area contributed by atoms with Gasteiger partial charge in [0.05, 0.1) is 11.9 Å². The van der Waals surface area contributed by atoms with Gasteiger partial charge in [0.2, 0.25) is 0 Å². The topological polar surface area (TPSA) is 79.1 Å². The van der Waals surface area contributed by atoms with Crippen LogP contribution in [-0.4, -0.2) is 49.3 Å². The number of benzene rings is 1. The summed E-state index contributed by atoms with van der Waals surface area (Å²) >= 11 is 0. The second kappa shape index (κ2) is 7.55. The van der Waals surface area contributed by atoms with Gasteiger partial charge in [0.15, 0.2) is 12.6 Å². The molecule has 3 aromatic rings. The van der Waals surface area contributed by atoms with Crippen LogP contribution in [0.5, 0.6) is 5.75 Å². The highest BCUT2D eigenvalue weighted by molar-refractivity contribution is 5.74. The Balaban J connectivity index is 1.34. The van der Waals surface area contributed by atoms with E-state index in [0.29, 0.717) is 17.3 Å². The summed E-state index contributed by atoms with van der Waals surface area (Å²) in [5.41, 5.74) is 3.09. The first-order chi connectivity index (χ1) is 15.3. The number of piperidine rings is 1. The number of phenols is 1. The largest absolute Gasteiger partial charge is 0.507 e. The van der Waals surface area contributed by atoms with Crippen molar-refractivity contribution >= 4 is 5.82 Å². The number of aromatic nitrogens is 4. The molecular formula is C24H29FN6O. The molecule has 0 spiro atoms. The predicted octanol–water partition coefficient (Wildman–Crippen LogP) is 4.14. The molecule has 5 rings (SSSR count). The number of nitrogens with zero attached hydrogens (tertiary/aromatic N) is 5. The normalized spacial score (nSPS) is 26.9. The summed E-state index contributed by atoms with van der Waals surface area (Å²) in [6, 6.07) is 9.58. The molecule has 2 N–H and O–H groups in total. The second-order valence-electron chi connectivity index (χ2n) is 9.82. The molecule has 0 saturated carbocycles. The van der Waals surface area contributed by atoms with Crippen molar-refractivity contribution in [3.63, 3.8) is 0 Å². The van der Waals surface area contributed by atoms with E-state index in [0.717, 1.165) is 29.8 Å². The van der Waals surface area contributed by atoms with Crippen molar-refractivity contribution in [2.75, 3.05) is 11.9 Å². The molecule has 2 saturated heterocycles. The number of hydrogen-bond donors (Lipinski definition) is 2. The molecule has 168 valence electrons. The monoisotopic (exact) mass is 436 g/mol. The number of hydrogen-bond acceptors (Lipinski definition) is 6. The van der Waals surface area contributed by atoms with E-state index < -0.39 is 6.80 Å². The molecule has 1 unspecified atom stereocenters. The van der Waals surface area contributed by atoms with Crippen LogP contribution >= 0.6 is 0 Å². The van der Waals surface area contributed by atoms with E-state index in [2.05, 4.69) is 46.4 Å². The maximum Gasteiger partial charge on any atom is 0.181 e. The van der Waals surface area contributed by atoms with Gasteiger partial charge in [0, 0.05) is 41.5 Å². The van der Waals surface area contributed by atoms with E-state index in [9.17, 15) is 9.50 Å². The van der Waals surface area contributed by atoms with Crippen LogP contribution in [0.1, 0.15) is 39.5 Å². The molecule has 4 heterocycles. The Morgan fingerprint density at radius 2 is 1.88 bits per heavy atom. The maximum atomic E-state index is 12.7. The Bertz CT molecular complexity index is 1110. The Labute approximate surface area is 187 Å². The minimum absolute atomic E-state index is 0.0988. The first kappa shape index (κ1) is 20.9. The Hall–Kier alpha value is -3.00. The fourth-order valence-electron chi connectivity index (χ4n) is 5.45. The molecule has 2 bridgehead atoms. The van der Waals surface area contributed by atoms with Crippen molar-refractivity contribution in [2.24, 2.45) is 0 Å². The van der Waals surface area contributed by atoms with E-state index in [4.69, 9.17) is 0 Å². The van der Waals surface area contributed by atoms with Crippen LogP contribution in [-0.2, 0) is 6.80 Å². The smallest absolute Gasteiger partial charge is 0.181 e. The summed E-state index contributed by atoms with van der Waals surface area (Å²) in [6.07, 6.45) is 7.77. The van der Waals surface area contributed by atoms with Gasteiger partial charge < -0.3 is 15.3 Å². The highest BCUT2D eigenvalue weighted by Gasteiger charge is 2.49. The minimum atomic E-state index is -0.684. The van der Waals surface area contributed by atoms with Gasteiger partial charge in [0.25, 0.3) is 0 Å². The molecule has 32 heavy (non-hydrogen) atoms. The van der Waals surface area contributed by atoms with Crippen molar-refractivity contribution in [2.45, 2.75) is 63.4 Å². The molecule has 2 aliphatic rings. The Morgan fingerprint density at radius 1 is 1.12 bits per heavy atom. The molecule has 2 aliphatic heterocycles. The van der Waals surface area contributed by atoms with Crippen LogP contribution < -0.4 is 10.2 Å². The van der Waals surface area contributed by atoms with Gasteiger partial charge in [-0.05, 0) is 69.4 Å². The van der Waals surface area contributed by atoms with Gasteiger partial charge >= 0.3 is 0 Å². The summed E-state index contributed by atoms with van der Waals surface area (Å²) < 4.78 is 13.9. The summed E-state index contributed by atoms with van der Waals surface area (Å²) in [5.74, 6) is 0.934. The molecule has 8 heteroatoms. The average Bonchev–Trinajstić information content (AvgIpc) is 3.34. The van der Waals surface area contributed by atoms with Crippen LogP contribution in [0.2, 0.25) is 0 Å². The fourth-order valence-corrected chi connectivity index (χ4v) is 5.45. The number of nitrogens with one attached hydrogen (secondary N) is 1. The third-order valence-electron chi connectivity index (χ3n) is 7.13. The summed E-state index contributed by atoms with van der Waals surface area (Å²) in [4.78, 5) is 2.24. The lowest BCUT2D eigenvalue weighted by Gasteiger charge is -2.45. The van der Waals surface area contributed by atoms with E-state index in [-0.39, 0.29) is 16.8 Å². The van der Waals surface area contributed by atoms with Crippen LogP contribution in [0.4, 0.5) is 10.2 Å². The zero-order valence-electron chi connectivity index (χ0n) is 18.7. The molecular weight excluding hydrogens is 407 g/mol. The zero-order valence-corrected chi connectivity index (χ0v) is 18.7. The number of aromatic hydroxyl groups is 1. The van der Waals surface area contributed by atoms with Crippen molar-refractivity contribution < 1.29 is 9.50 Å². The molecule has 0 aliphatic carbocycles. The number of halogens is 1. The lowest BCUT2D eigenvalue weighted by molar-refractivity contribution is 0.207. The van der Waals surface area contributed by atoms with Crippen molar-refractivity contribution in [1.82, 2.24) is 25.3 Å². The third-order valence-corrected chi connectivity index (χ3v) is 7.13. The van der Waals surface area contributed by atoms with Crippen LogP contribution in [0, 0.1) is 0 Å². The molecule has 0 amide bonds. The van der Waals surface area contributed by atoms with E-state index >= 15 is 0 Å². The number of phenolic OH excluding ortho intramolecular Hbond substituents is 1. The highest BCUT2D eigenvalue weighted by Crippen LogP contribution is 2.43. The highest BCUT2D eigenvalue weighted by atomic mass is 19.1. The minimum Gasteiger partial charge on any atom is -0.507 e. The van der Waals surface area contributed by atoms with Crippen molar-refractivity contribution in [3.05, 3.63) is 42.7 Å². The third kappa shape index (κ3) is 3.72. The lowest BCUT2D eigenvalue weighted by atomic mass is 9.84.